The lowest BCUT2D eigenvalue weighted by atomic mass is 9.94. The molecule has 0 fully saturated rings. The van der Waals surface area contributed by atoms with E-state index in [1.807, 2.05) is 86.6 Å². The highest BCUT2D eigenvalue weighted by Crippen LogP contribution is 2.30. The van der Waals surface area contributed by atoms with Gasteiger partial charge in [-0.05, 0) is 72.2 Å². The number of anilines is 2. The van der Waals surface area contributed by atoms with Gasteiger partial charge in [-0.3, -0.25) is 9.59 Å². The van der Waals surface area contributed by atoms with Gasteiger partial charge in [0.25, 0.3) is 11.8 Å². The van der Waals surface area contributed by atoms with Gasteiger partial charge in [0.1, 0.15) is 0 Å². The minimum absolute atomic E-state index is 0.197. The van der Waals surface area contributed by atoms with Crippen LogP contribution in [0.3, 0.4) is 0 Å². The third-order valence-corrected chi connectivity index (χ3v) is 6.59. The number of amides is 2. The molecule has 0 unspecified atom stereocenters. The van der Waals surface area contributed by atoms with E-state index in [4.69, 9.17) is 0 Å². The summed E-state index contributed by atoms with van der Waals surface area (Å²) >= 11 is 0. The maximum atomic E-state index is 13.5. The molecule has 4 aromatic rings. The lowest BCUT2D eigenvalue weighted by molar-refractivity contribution is 0.101. The van der Waals surface area contributed by atoms with Crippen LogP contribution in [0.25, 0.3) is 11.1 Å². The van der Waals surface area contributed by atoms with Crippen LogP contribution in [-0.2, 0) is 12.8 Å². The summed E-state index contributed by atoms with van der Waals surface area (Å²) < 4.78 is 0. The fraction of sp³-hybridized carbons (Fsp3) is 0.188. The van der Waals surface area contributed by atoms with Crippen LogP contribution in [0.15, 0.2) is 84.9 Å². The Hall–Kier alpha value is -4.18. The molecule has 2 amide bonds. The van der Waals surface area contributed by atoms with E-state index in [2.05, 4.69) is 24.5 Å². The number of benzene rings is 4. The quantitative estimate of drug-likeness (QED) is 0.288. The van der Waals surface area contributed by atoms with E-state index in [1.165, 1.54) is 0 Å². The smallest absolute Gasteiger partial charge is 0.256 e. The molecule has 0 saturated carbocycles. The van der Waals surface area contributed by atoms with Crippen molar-refractivity contribution in [2.45, 2.75) is 40.5 Å². The molecule has 0 aliphatic heterocycles. The summed E-state index contributed by atoms with van der Waals surface area (Å²) in [5.74, 6) is -0.394. The predicted molar refractivity (Wildman–Crippen MR) is 149 cm³/mol. The lowest BCUT2D eigenvalue weighted by Gasteiger charge is -2.17. The molecule has 0 radical (unpaired) electrons. The van der Waals surface area contributed by atoms with E-state index in [9.17, 15) is 9.59 Å². The second-order valence-corrected chi connectivity index (χ2v) is 8.92. The van der Waals surface area contributed by atoms with E-state index in [1.54, 1.807) is 12.1 Å². The van der Waals surface area contributed by atoms with Crippen LogP contribution in [-0.4, -0.2) is 11.8 Å². The van der Waals surface area contributed by atoms with Crippen molar-refractivity contribution in [2.24, 2.45) is 0 Å². The molecule has 2 N–H and O–H groups in total. The standard InChI is InChI=1S/C32H32N2O2/c1-5-23-15-11-13-21(3)29(23)33-31(35)27-19-9-7-17-25(27)26-18-8-10-20-28(26)32(36)34-30-22(4)14-12-16-24(30)6-2/h7-20H,5-6H2,1-4H3,(H,33,35)(H,34,36). The lowest BCUT2D eigenvalue weighted by Crippen LogP contribution is -2.17. The van der Waals surface area contributed by atoms with E-state index in [0.29, 0.717) is 22.3 Å². The summed E-state index contributed by atoms with van der Waals surface area (Å²) in [5.41, 5.74) is 8.38. The van der Waals surface area contributed by atoms with Crippen LogP contribution >= 0.6 is 0 Å². The number of aryl methyl sites for hydroxylation is 4. The Morgan fingerprint density at radius 2 is 0.944 bits per heavy atom. The molecule has 4 nitrogen and oxygen atoms in total. The Morgan fingerprint density at radius 1 is 0.556 bits per heavy atom. The van der Waals surface area contributed by atoms with Gasteiger partial charge in [0.15, 0.2) is 0 Å². The molecule has 182 valence electrons. The first kappa shape index (κ1) is 24.9. The van der Waals surface area contributed by atoms with Gasteiger partial charge < -0.3 is 10.6 Å². The van der Waals surface area contributed by atoms with Crippen molar-refractivity contribution < 1.29 is 9.59 Å². The molecule has 0 aliphatic carbocycles. The van der Waals surface area contributed by atoms with Crippen molar-refractivity contribution >= 4 is 23.2 Å². The Morgan fingerprint density at radius 3 is 1.33 bits per heavy atom. The fourth-order valence-electron chi connectivity index (χ4n) is 4.60. The van der Waals surface area contributed by atoms with Crippen LogP contribution in [0, 0.1) is 13.8 Å². The van der Waals surface area contributed by atoms with Crippen molar-refractivity contribution in [1.29, 1.82) is 0 Å². The van der Waals surface area contributed by atoms with Crippen molar-refractivity contribution in [3.05, 3.63) is 118 Å². The third kappa shape index (κ3) is 5.08. The Bertz CT molecular complexity index is 1310. The predicted octanol–water partition coefficient (Wildman–Crippen LogP) is 7.60. The second-order valence-electron chi connectivity index (χ2n) is 8.92. The van der Waals surface area contributed by atoms with Crippen LogP contribution in [0.4, 0.5) is 11.4 Å². The largest absolute Gasteiger partial charge is 0.321 e. The van der Waals surface area contributed by atoms with Crippen LogP contribution in [0.5, 0.6) is 0 Å². The van der Waals surface area contributed by atoms with Gasteiger partial charge in [0.2, 0.25) is 0 Å². The maximum Gasteiger partial charge on any atom is 0.256 e. The molecular weight excluding hydrogens is 444 g/mol. The van der Waals surface area contributed by atoms with Gasteiger partial charge >= 0.3 is 0 Å². The third-order valence-electron chi connectivity index (χ3n) is 6.59. The average Bonchev–Trinajstić information content (AvgIpc) is 2.90. The summed E-state index contributed by atoms with van der Waals surface area (Å²) in [6, 6.07) is 26.9. The molecule has 4 rings (SSSR count). The number of carbonyl (C=O) groups is 2. The highest BCUT2D eigenvalue weighted by Gasteiger charge is 2.20. The van der Waals surface area contributed by atoms with Gasteiger partial charge in [0, 0.05) is 22.5 Å². The van der Waals surface area contributed by atoms with Gasteiger partial charge in [-0.1, -0.05) is 86.6 Å². The second kappa shape index (κ2) is 11.0. The van der Waals surface area contributed by atoms with Crippen LogP contribution in [0.2, 0.25) is 0 Å². The highest BCUT2D eigenvalue weighted by atomic mass is 16.2. The molecular formula is C32H32N2O2. The average molecular weight is 477 g/mol. The molecule has 0 spiro atoms. The van der Waals surface area contributed by atoms with Gasteiger partial charge in [-0.15, -0.1) is 0 Å². The molecule has 0 heterocycles. The molecule has 4 aromatic carbocycles. The highest BCUT2D eigenvalue weighted by molar-refractivity contribution is 6.13. The Balaban J connectivity index is 1.72. The molecule has 0 aliphatic rings. The van der Waals surface area contributed by atoms with Crippen LogP contribution < -0.4 is 10.6 Å². The molecule has 36 heavy (non-hydrogen) atoms. The fourth-order valence-corrected chi connectivity index (χ4v) is 4.60. The molecule has 4 heteroatoms. The summed E-state index contributed by atoms with van der Waals surface area (Å²) in [5, 5.41) is 6.26. The molecule has 0 saturated heterocycles. The van der Waals surface area contributed by atoms with Crippen molar-refractivity contribution in [2.75, 3.05) is 10.6 Å². The van der Waals surface area contributed by atoms with Gasteiger partial charge in [-0.25, -0.2) is 0 Å². The number of carbonyl (C=O) groups excluding carboxylic acids is 2. The topological polar surface area (TPSA) is 58.2 Å². The van der Waals surface area contributed by atoms with E-state index in [-0.39, 0.29) is 11.8 Å². The minimum Gasteiger partial charge on any atom is -0.321 e. The van der Waals surface area contributed by atoms with Crippen molar-refractivity contribution in [3.8, 4) is 11.1 Å². The van der Waals surface area contributed by atoms with Crippen molar-refractivity contribution in [1.82, 2.24) is 0 Å². The minimum atomic E-state index is -0.197. The molecule has 0 bridgehead atoms. The number of hydrogen-bond acceptors (Lipinski definition) is 2. The summed E-state index contributed by atoms with van der Waals surface area (Å²) in [4.78, 5) is 27.0. The zero-order valence-corrected chi connectivity index (χ0v) is 21.3. The Kier molecular flexibility index (Phi) is 7.65. The summed E-state index contributed by atoms with van der Waals surface area (Å²) in [6.45, 7) is 8.14. The zero-order chi connectivity index (χ0) is 25.7. The van der Waals surface area contributed by atoms with E-state index in [0.717, 1.165) is 46.5 Å². The number of para-hydroxylation sites is 2. The summed E-state index contributed by atoms with van der Waals surface area (Å²) in [7, 11) is 0. The van der Waals surface area contributed by atoms with Crippen LogP contribution in [0.1, 0.15) is 56.8 Å². The number of rotatable bonds is 7. The summed E-state index contributed by atoms with van der Waals surface area (Å²) in [6.07, 6.45) is 1.64. The number of nitrogens with one attached hydrogen (secondary N) is 2. The monoisotopic (exact) mass is 476 g/mol. The van der Waals surface area contributed by atoms with Crippen molar-refractivity contribution in [3.63, 3.8) is 0 Å². The first-order valence-electron chi connectivity index (χ1n) is 12.4. The first-order chi connectivity index (χ1) is 17.4. The SMILES string of the molecule is CCc1cccc(C)c1NC(=O)c1ccccc1-c1ccccc1C(=O)Nc1c(C)cccc1CC. The molecule has 0 atom stereocenters. The first-order valence-corrected chi connectivity index (χ1v) is 12.4. The molecule has 0 aromatic heterocycles. The maximum absolute atomic E-state index is 13.5. The zero-order valence-electron chi connectivity index (χ0n) is 21.3. The van der Waals surface area contributed by atoms with E-state index < -0.39 is 0 Å². The normalized spacial score (nSPS) is 10.7. The van der Waals surface area contributed by atoms with Gasteiger partial charge in [0.05, 0.1) is 0 Å². The number of hydrogen-bond donors (Lipinski definition) is 2. The van der Waals surface area contributed by atoms with E-state index >= 15 is 0 Å². The van der Waals surface area contributed by atoms with Gasteiger partial charge in [-0.2, -0.15) is 0 Å². The Labute approximate surface area is 213 Å².